The molecule has 34 heavy (non-hydrogen) atoms. The van der Waals surface area contributed by atoms with Gasteiger partial charge in [0.1, 0.15) is 14.7 Å². The third-order valence-corrected chi connectivity index (χ3v) is 7.93. The molecule has 0 spiro atoms. The summed E-state index contributed by atoms with van der Waals surface area (Å²) in [5, 5.41) is 17.2. The fourth-order valence-corrected chi connectivity index (χ4v) is 5.98. The zero-order valence-corrected chi connectivity index (χ0v) is 21.1. The average molecular weight is 493 g/mol. The number of nitrogens with one attached hydrogen (secondary N) is 2. The smallest absolute Gasteiger partial charge is 0.269 e. The highest BCUT2D eigenvalue weighted by Gasteiger charge is 2.23. The summed E-state index contributed by atoms with van der Waals surface area (Å²) in [4.78, 5) is 22.1. The zero-order valence-electron chi connectivity index (χ0n) is 19.4. The summed E-state index contributed by atoms with van der Waals surface area (Å²) in [5.41, 5.74) is 4.36. The van der Waals surface area contributed by atoms with Crippen LogP contribution in [0.3, 0.4) is 0 Å². The van der Waals surface area contributed by atoms with Gasteiger partial charge in [-0.05, 0) is 51.4 Å². The van der Waals surface area contributed by atoms with Crippen LogP contribution in [0.1, 0.15) is 40.2 Å². The molecule has 0 radical (unpaired) electrons. The maximum absolute atomic E-state index is 13.4. The number of fused-ring (bicyclic) bond motifs is 2. The Bertz CT molecular complexity index is 1300. The highest BCUT2D eigenvalue weighted by molar-refractivity contribution is 7.21. The van der Waals surface area contributed by atoms with Gasteiger partial charge >= 0.3 is 0 Å². The van der Waals surface area contributed by atoms with Gasteiger partial charge < -0.3 is 10.2 Å². The van der Waals surface area contributed by atoms with E-state index < -0.39 is 0 Å². The minimum absolute atomic E-state index is 0.179. The standard InChI is InChI=1S/C25H28N6OS2/c1-31(2)14-13-26-20-18-15-17-11-7-4-8-12-19(17)27-24(18)33-21(20)22(32)28-25-30-29-23(34-25)16-9-5-3-6-10-16/h3,5-6,9-10,15,26H,4,7-8,11-14H2,1-2H3,(H,28,30,32). The van der Waals surface area contributed by atoms with E-state index in [0.29, 0.717) is 10.0 Å². The first kappa shape index (κ1) is 22.9. The van der Waals surface area contributed by atoms with Gasteiger partial charge in [-0.25, -0.2) is 4.98 Å². The minimum atomic E-state index is -0.179. The Morgan fingerprint density at radius 1 is 1.06 bits per heavy atom. The summed E-state index contributed by atoms with van der Waals surface area (Å²) in [7, 11) is 4.09. The molecule has 0 atom stereocenters. The van der Waals surface area contributed by atoms with Crippen LogP contribution in [0.4, 0.5) is 10.8 Å². The van der Waals surface area contributed by atoms with Gasteiger partial charge in [0.05, 0.1) is 5.69 Å². The molecule has 3 heterocycles. The summed E-state index contributed by atoms with van der Waals surface area (Å²) in [5.74, 6) is -0.179. The van der Waals surface area contributed by atoms with Crippen LogP contribution in [0.2, 0.25) is 0 Å². The second-order valence-electron chi connectivity index (χ2n) is 8.78. The van der Waals surface area contributed by atoms with Crippen molar-refractivity contribution in [2.24, 2.45) is 0 Å². The highest BCUT2D eigenvalue weighted by atomic mass is 32.1. The summed E-state index contributed by atoms with van der Waals surface area (Å²) >= 11 is 2.82. The predicted molar refractivity (Wildman–Crippen MR) is 141 cm³/mol. The Labute approximate surface area is 207 Å². The van der Waals surface area contributed by atoms with Crippen LogP contribution in [-0.4, -0.2) is 53.2 Å². The normalized spacial score (nSPS) is 13.6. The monoisotopic (exact) mass is 492 g/mol. The summed E-state index contributed by atoms with van der Waals surface area (Å²) < 4.78 is 0. The lowest BCUT2D eigenvalue weighted by Crippen LogP contribution is -2.21. The van der Waals surface area contributed by atoms with E-state index in [1.165, 1.54) is 53.2 Å². The number of hydrogen-bond acceptors (Lipinski definition) is 8. The number of hydrogen-bond donors (Lipinski definition) is 2. The number of carbonyl (C=O) groups excluding carboxylic acids is 1. The summed E-state index contributed by atoms with van der Waals surface area (Å²) in [6, 6.07) is 12.1. The van der Waals surface area contributed by atoms with Gasteiger partial charge in [-0.3, -0.25) is 10.1 Å². The first-order valence-corrected chi connectivity index (χ1v) is 13.3. The van der Waals surface area contributed by atoms with E-state index in [-0.39, 0.29) is 5.91 Å². The largest absolute Gasteiger partial charge is 0.382 e. The van der Waals surface area contributed by atoms with Crippen LogP contribution in [0, 0.1) is 0 Å². The number of amides is 1. The maximum Gasteiger partial charge on any atom is 0.269 e. The van der Waals surface area contributed by atoms with Gasteiger partial charge in [0.15, 0.2) is 0 Å². The molecule has 1 aliphatic carbocycles. The third kappa shape index (κ3) is 4.96. The van der Waals surface area contributed by atoms with E-state index in [1.807, 2.05) is 44.4 Å². The minimum Gasteiger partial charge on any atom is -0.382 e. The van der Waals surface area contributed by atoms with Crippen molar-refractivity contribution in [3.63, 3.8) is 0 Å². The van der Waals surface area contributed by atoms with E-state index in [9.17, 15) is 4.79 Å². The Balaban J connectivity index is 1.46. The van der Waals surface area contributed by atoms with Crippen LogP contribution in [-0.2, 0) is 12.8 Å². The van der Waals surface area contributed by atoms with Crippen molar-refractivity contribution in [1.29, 1.82) is 0 Å². The molecule has 0 saturated heterocycles. The predicted octanol–water partition coefficient (Wildman–Crippen LogP) is 5.31. The van der Waals surface area contributed by atoms with E-state index in [0.717, 1.165) is 52.4 Å². The van der Waals surface area contributed by atoms with Crippen LogP contribution in [0.25, 0.3) is 20.8 Å². The number of aromatic nitrogens is 3. The average Bonchev–Trinajstić information content (AvgIpc) is 3.36. The Hall–Kier alpha value is -2.88. The maximum atomic E-state index is 13.4. The molecule has 1 aromatic carbocycles. The van der Waals surface area contributed by atoms with Crippen LogP contribution in [0.15, 0.2) is 36.4 Å². The molecule has 0 fully saturated rings. The van der Waals surface area contributed by atoms with E-state index >= 15 is 0 Å². The molecule has 3 aromatic heterocycles. The third-order valence-electron chi connectivity index (χ3n) is 5.94. The number of benzene rings is 1. The zero-order chi connectivity index (χ0) is 23.5. The summed E-state index contributed by atoms with van der Waals surface area (Å²) in [6.07, 6.45) is 5.69. The van der Waals surface area contributed by atoms with E-state index in [4.69, 9.17) is 4.98 Å². The Morgan fingerprint density at radius 3 is 2.71 bits per heavy atom. The Kier molecular flexibility index (Phi) is 6.85. The van der Waals surface area contributed by atoms with Crippen LogP contribution in [0.5, 0.6) is 0 Å². The van der Waals surface area contributed by atoms with Crippen molar-refractivity contribution in [3.8, 4) is 10.6 Å². The van der Waals surface area contributed by atoms with Gasteiger partial charge in [-0.2, -0.15) is 0 Å². The fourth-order valence-electron chi connectivity index (χ4n) is 4.18. The molecule has 0 bridgehead atoms. The molecule has 2 N–H and O–H groups in total. The quantitative estimate of drug-likeness (QED) is 0.340. The first-order valence-electron chi connectivity index (χ1n) is 11.6. The summed E-state index contributed by atoms with van der Waals surface area (Å²) in [6.45, 7) is 1.61. The number of anilines is 2. The topological polar surface area (TPSA) is 83.0 Å². The lowest BCUT2D eigenvalue weighted by atomic mass is 10.1. The number of rotatable bonds is 7. The van der Waals surface area contributed by atoms with E-state index in [1.54, 1.807) is 0 Å². The van der Waals surface area contributed by atoms with E-state index in [2.05, 4.69) is 31.8 Å². The Morgan fingerprint density at radius 2 is 1.88 bits per heavy atom. The molecule has 9 heteroatoms. The van der Waals surface area contributed by atoms with Crippen molar-refractivity contribution in [1.82, 2.24) is 20.1 Å². The number of carbonyl (C=O) groups is 1. The number of thiophene rings is 1. The molecule has 0 unspecified atom stereocenters. The van der Waals surface area contributed by atoms with Gasteiger partial charge in [0.2, 0.25) is 5.13 Å². The SMILES string of the molecule is CN(C)CCNc1c(C(=O)Nc2nnc(-c3ccccc3)s2)sc2nc3c(cc12)CCCCC3. The van der Waals surface area contributed by atoms with Crippen molar-refractivity contribution < 1.29 is 4.79 Å². The van der Waals surface area contributed by atoms with Gasteiger partial charge in [0.25, 0.3) is 5.91 Å². The van der Waals surface area contributed by atoms with Crippen molar-refractivity contribution in [3.05, 3.63) is 52.5 Å². The molecule has 176 valence electrons. The van der Waals surface area contributed by atoms with Crippen LogP contribution >= 0.6 is 22.7 Å². The number of nitrogens with zero attached hydrogens (tertiary/aromatic N) is 4. The molecule has 7 nitrogen and oxygen atoms in total. The number of pyridine rings is 1. The lowest BCUT2D eigenvalue weighted by Gasteiger charge is -2.13. The van der Waals surface area contributed by atoms with Gasteiger partial charge in [-0.15, -0.1) is 21.5 Å². The fraction of sp³-hybridized carbons (Fsp3) is 0.360. The lowest BCUT2D eigenvalue weighted by molar-refractivity contribution is 0.103. The molecule has 1 aliphatic rings. The highest BCUT2D eigenvalue weighted by Crippen LogP contribution is 2.38. The molecule has 0 aliphatic heterocycles. The van der Waals surface area contributed by atoms with Gasteiger partial charge in [0, 0.05) is 29.7 Å². The van der Waals surface area contributed by atoms with Crippen molar-refractivity contribution in [2.45, 2.75) is 32.1 Å². The second kappa shape index (κ2) is 10.2. The molecule has 1 amide bonds. The molecule has 4 aromatic rings. The molecule has 5 rings (SSSR count). The van der Waals surface area contributed by atoms with Crippen LogP contribution < -0.4 is 10.6 Å². The van der Waals surface area contributed by atoms with Crippen molar-refractivity contribution >= 4 is 49.6 Å². The van der Waals surface area contributed by atoms with Crippen molar-refractivity contribution in [2.75, 3.05) is 37.8 Å². The molecular weight excluding hydrogens is 464 g/mol. The molecule has 0 saturated carbocycles. The number of aryl methyl sites for hydroxylation is 2. The molecular formula is C25H28N6OS2. The van der Waals surface area contributed by atoms with Gasteiger partial charge in [-0.1, -0.05) is 48.1 Å². The second-order valence-corrected chi connectivity index (χ2v) is 10.8. The number of likely N-dealkylation sites (N-methyl/N-ethyl adjacent to an activating group) is 1. The first-order chi connectivity index (χ1) is 16.6.